The second-order valence-electron chi connectivity index (χ2n) is 7.99. The van der Waals surface area contributed by atoms with Crippen LogP contribution in [0.25, 0.3) is 0 Å². The molecule has 5 heteroatoms. The second kappa shape index (κ2) is 7.24. The second-order valence-corrected chi connectivity index (χ2v) is 7.99. The lowest BCUT2D eigenvalue weighted by atomic mass is 9.98. The summed E-state index contributed by atoms with van der Waals surface area (Å²) in [6.07, 6.45) is 7.23. The van der Waals surface area contributed by atoms with Crippen molar-refractivity contribution in [1.82, 2.24) is 15.1 Å². The van der Waals surface area contributed by atoms with Crippen LogP contribution < -0.4 is 5.32 Å². The smallest absolute Gasteiger partial charge is 0.317 e. The minimum absolute atomic E-state index is 0.0800. The van der Waals surface area contributed by atoms with Crippen molar-refractivity contribution in [3.8, 4) is 5.75 Å². The lowest BCUT2D eigenvalue weighted by molar-refractivity contribution is 0.152. The number of carbonyl (C=O) groups is 1. The summed E-state index contributed by atoms with van der Waals surface area (Å²) in [5.74, 6) is 0.935. The van der Waals surface area contributed by atoms with Gasteiger partial charge >= 0.3 is 6.03 Å². The fourth-order valence-electron chi connectivity index (χ4n) is 4.27. The number of rotatable bonds is 5. The number of hydrogen-bond acceptors (Lipinski definition) is 3. The number of carbonyl (C=O) groups excluding carboxylic acids is 1. The maximum absolute atomic E-state index is 12.9. The number of urea groups is 1. The van der Waals surface area contributed by atoms with Crippen LogP contribution in [0.5, 0.6) is 5.75 Å². The van der Waals surface area contributed by atoms with Crippen molar-refractivity contribution < 1.29 is 9.90 Å². The Morgan fingerprint density at radius 2 is 1.96 bits per heavy atom. The third-order valence-electron chi connectivity index (χ3n) is 5.92. The van der Waals surface area contributed by atoms with Gasteiger partial charge in [0.15, 0.2) is 0 Å². The van der Waals surface area contributed by atoms with Crippen molar-refractivity contribution >= 4 is 6.03 Å². The van der Waals surface area contributed by atoms with Crippen LogP contribution in [0.15, 0.2) is 24.3 Å². The first-order chi connectivity index (χ1) is 12.2. The van der Waals surface area contributed by atoms with Crippen LogP contribution in [0.1, 0.15) is 44.1 Å². The van der Waals surface area contributed by atoms with Crippen molar-refractivity contribution in [2.45, 2.75) is 57.2 Å². The molecule has 4 rings (SSSR count). The summed E-state index contributed by atoms with van der Waals surface area (Å²) in [6, 6.07) is 8.26. The Balaban J connectivity index is 1.36. The molecule has 1 saturated carbocycles. The summed E-state index contributed by atoms with van der Waals surface area (Å²) in [4.78, 5) is 17.4. The highest BCUT2D eigenvalue weighted by Crippen LogP contribution is 2.31. The van der Waals surface area contributed by atoms with Crippen molar-refractivity contribution in [3.63, 3.8) is 0 Å². The molecule has 2 aliphatic heterocycles. The molecule has 1 aliphatic carbocycles. The molecule has 0 radical (unpaired) electrons. The average Bonchev–Trinajstić information content (AvgIpc) is 3.30. The molecule has 3 aliphatic rings. The van der Waals surface area contributed by atoms with Gasteiger partial charge in [-0.2, -0.15) is 0 Å². The lowest BCUT2D eigenvalue weighted by Crippen LogP contribution is -2.51. The molecule has 1 aromatic rings. The van der Waals surface area contributed by atoms with Crippen LogP contribution in [0, 0.1) is 5.92 Å². The normalized spacial score (nSPS) is 26.2. The van der Waals surface area contributed by atoms with E-state index in [-0.39, 0.29) is 11.8 Å². The van der Waals surface area contributed by atoms with E-state index in [4.69, 9.17) is 0 Å². The van der Waals surface area contributed by atoms with Crippen LogP contribution in [0.3, 0.4) is 0 Å². The first kappa shape index (κ1) is 16.7. The monoisotopic (exact) mass is 343 g/mol. The fourth-order valence-corrected chi connectivity index (χ4v) is 4.27. The lowest BCUT2D eigenvalue weighted by Gasteiger charge is -2.36. The molecular weight excluding hydrogens is 314 g/mol. The van der Waals surface area contributed by atoms with Crippen LogP contribution in [-0.4, -0.2) is 52.7 Å². The molecule has 1 aromatic carbocycles. The topological polar surface area (TPSA) is 55.8 Å². The van der Waals surface area contributed by atoms with E-state index in [9.17, 15) is 9.90 Å². The van der Waals surface area contributed by atoms with E-state index in [1.807, 2.05) is 17.0 Å². The van der Waals surface area contributed by atoms with Crippen LogP contribution >= 0.6 is 0 Å². The Hall–Kier alpha value is -1.75. The summed E-state index contributed by atoms with van der Waals surface area (Å²) in [5.41, 5.74) is 1.07. The maximum Gasteiger partial charge on any atom is 0.317 e. The van der Waals surface area contributed by atoms with Gasteiger partial charge in [-0.05, 0) is 68.7 Å². The number of piperidine rings is 1. The predicted molar refractivity (Wildman–Crippen MR) is 97.4 cm³/mol. The summed E-state index contributed by atoms with van der Waals surface area (Å²) in [5, 5.41) is 12.8. The Labute approximate surface area is 150 Å². The number of amides is 2. The molecule has 3 fully saturated rings. The van der Waals surface area contributed by atoms with E-state index in [1.54, 1.807) is 12.1 Å². The van der Waals surface area contributed by atoms with Crippen molar-refractivity contribution in [2.75, 3.05) is 19.6 Å². The highest BCUT2D eigenvalue weighted by atomic mass is 16.3. The quantitative estimate of drug-likeness (QED) is 0.864. The first-order valence-electron chi connectivity index (χ1n) is 9.75. The Morgan fingerprint density at radius 1 is 1.16 bits per heavy atom. The first-order valence-corrected chi connectivity index (χ1v) is 9.75. The van der Waals surface area contributed by atoms with E-state index in [2.05, 4.69) is 10.2 Å². The molecular formula is C20H29N3O2. The average molecular weight is 343 g/mol. The van der Waals surface area contributed by atoms with Crippen molar-refractivity contribution in [1.29, 1.82) is 0 Å². The highest BCUT2D eigenvalue weighted by Gasteiger charge is 2.33. The maximum atomic E-state index is 12.9. The SMILES string of the molecule is O=C(N[C@H]1CCN2CCC[C@@H]2C1)N(Cc1ccc(O)cc1)CC1CC1. The van der Waals surface area contributed by atoms with Gasteiger partial charge in [0.2, 0.25) is 0 Å². The van der Waals surface area contributed by atoms with Crippen molar-refractivity contribution in [3.05, 3.63) is 29.8 Å². The Kier molecular flexibility index (Phi) is 4.84. The Bertz CT molecular complexity index is 599. The molecule has 136 valence electrons. The molecule has 2 saturated heterocycles. The third kappa shape index (κ3) is 4.27. The largest absolute Gasteiger partial charge is 0.508 e. The molecule has 2 heterocycles. The third-order valence-corrected chi connectivity index (χ3v) is 5.92. The van der Waals surface area contributed by atoms with E-state index in [1.165, 1.54) is 32.2 Å². The van der Waals surface area contributed by atoms with Crippen molar-refractivity contribution in [2.24, 2.45) is 5.92 Å². The van der Waals surface area contributed by atoms with Crippen LogP contribution in [-0.2, 0) is 6.54 Å². The molecule has 0 unspecified atom stereocenters. The standard InChI is InChI=1S/C20H29N3O2/c24-19-7-5-16(6-8-19)14-23(13-15-3-4-15)20(25)21-17-9-11-22-10-1-2-18(22)12-17/h5-8,15,17-18,24H,1-4,9-14H2,(H,21,25)/t17-,18+/m0/s1. The van der Waals surface area contributed by atoms with Gasteiger partial charge in [0, 0.05) is 31.7 Å². The van der Waals surface area contributed by atoms with Gasteiger partial charge in [0.1, 0.15) is 5.75 Å². The number of phenols is 1. The van der Waals surface area contributed by atoms with E-state index >= 15 is 0 Å². The van der Waals surface area contributed by atoms with E-state index in [0.29, 0.717) is 24.5 Å². The molecule has 0 aromatic heterocycles. The van der Waals surface area contributed by atoms with Gasteiger partial charge in [-0.15, -0.1) is 0 Å². The Morgan fingerprint density at radius 3 is 2.72 bits per heavy atom. The molecule has 0 bridgehead atoms. The molecule has 2 N–H and O–H groups in total. The molecule has 0 spiro atoms. The molecule has 2 atom stereocenters. The van der Waals surface area contributed by atoms with Crippen LogP contribution in [0.4, 0.5) is 4.79 Å². The molecule has 2 amide bonds. The van der Waals surface area contributed by atoms with Gasteiger partial charge < -0.3 is 20.2 Å². The fraction of sp³-hybridized carbons (Fsp3) is 0.650. The van der Waals surface area contributed by atoms with Gasteiger partial charge in [-0.3, -0.25) is 0 Å². The minimum Gasteiger partial charge on any atom is -0.508 e. The number of aromatic hydroxyl groups is 1. The zero-order valence-electron chi connectivity index (χ0n) is 14.9. The number of hydrogen-bond donors (Lipinski definition) is 2. The minimum atomic E-state index is 0.0800. The number of fused-ring (bicyclic) bond motifs is 1. The van der Waals surface area contributed by atoms with E-state index < -0.39 is 0 Å². The number of nitrogens with zero attached hydrogens (tertiary/aromatic N) is 2. The zero-order chi connectivity index (χ0) is 17.2. The van der Waals surface area contributed by atoms with Crippen LogP contribution in [0.2, 0.25) is 0 Å². The van der Waals surface area contributed by atoms with Gasteiger partial charge in [0.25, 0.3) is 0 Å². The summed E-state index contributed by atoms with van der Waals surface area (Å²) >= 11 is 0. The summed E-state index contributed by atoms with van der Waals surface area (Å²) in [6.45, 7) is 3.82. The van der Waals surface area contributed by atoms with Gasteiger partial charge in [-0.1, -0.05) is 12.1 Å². The number of benzene rings is 1. The molecule has 5 nitrogen and oxygen atoms in total. The zero-order valence-corrected chi connectivity index (χ0v) is 14.9. The van der Waals surface area contributed by atoms with Gasteiger partial charge in [0.05, 0.1) is 0 Å². The summed E-state index contributed by atoms with van der Waals surface area (Å²) in [7, 11) is 0. The molecule has 25 heavy (non-hydrogen) atoms. The highest BCUT2D eigenvalue weighted by molar-refractivity contribution is 5.74. The number of phenolic OH excluding ortho intramolecular Hbond substituents is 1. The predicted octanol–water partition coefficient (Wildman–Crippen LogP) is 2.94. The number of nitrogens with one attached hydrogen (secondary N) is 1. The van der Waals surface area contributed by atoms with Gasteiger partial charge in [-0.25, -0.2) is 4.79 Å². The summed E-state index contributed by atoms with van der Waals surface area (Å²) < 4.78 is 0. The van der Waals surface area contributed by atoms with E-state index in [0.717, 1.165) is 31.5 Å².